The van der Waals surface area contributed by atoms with Crippen LogP contribution in [0.2, 0.25) is 0 Å². The average Bonchev–Trinajstić information content (AvgIpc) is 2.82. The van der Waals surface area contributed by atoms with Crippen LogP contribution < -0.4 is 20.4 Å². The first kappa shape index (κ1) is 20.9. The molecule has 0 saturated carbocycles. The summed E-state index contributed by atoms with van der Waals surface area (Å²) in [6.45, 7) is 0.287. The Morgan fingerprint density at radius 1 is 0.906 bits per heavy atom. The third kappa shape index (κ3) is 4.52. The Morgan fingerprint density at radius 3 is 2.44 bits per heavy atom. The molecule has 1 aromatic heterocycles. The van der Waals surface area contributed by atoms with Crippen LogP contribution >= 0.6 is 0 Å². The maximum absolute atomic E-state index is 12.5. The van der Waals surface area contributed by atoms with E-state index in [4.69, 9.17) is 13.9 Å². The van der Waals surface area contributed by atoms with Crippen molar-refractivity contribution in [2.24, 2.45) is 0 Å². The van der Waals surface area contributed by atoms with Gasteiger partial charge in [-0.05, 0) is 35.9 Å². The lowest BCUT2D eigenvalue weighted by Crippen LogP contribution is -2.27. The number of esters is 1. The second-order valence-electron chi connectivity index (χ2n) is 6.91. The molecule has 0 aliphatic heterocycles. The van der Waals surface area contributed by atoms with E-state index in [1.165, 1.54) is 19.2 Å². The Morgan fingerprint density at radius 2 is 1.66 bits per heavy atom. The average molecular weight is 429 g/mol. The molecule has 0 aliphatic carbocycles. The minimum atomic E-state index is -0.781. The van der Waals surface area contributed by atoms with Gasteiger partial charge in [-0.25, -0.2) is 9.59 Å². The van der Waals surface area contributed by atoms with Gasteiger partial charge < -0.3 is 19.2 Å². The van der Waals surface area contributed by atoms with Gasteiger partial charge in [0, 0.05) is 18.0 Å². The fourth-order valence-corrected chi connectivity index (χ4v) is 3.16. The fraction of sp³-hybridized carbons (Fsp3) is 0.0800. The summed E-state index contributed by atoms with van der Waals surface area (Å²) in [4.78, 5) is 37.3. The molecule has 0 atom stereocenters. The Kier molecular flexibility index (Phi) is 5.98. The Hall–Kier alpha value is -4.39. The van der Waals surface area contributed by atoms with E-state index in [0.29, 0.717) is 11.1 Å². The number of benzene rings is 3. The van der Waals surface area contributed by atoms with Crippen LogP contribution in [0, 0.1) is 0 Å². The van der Waals surface area contributed by atoms with Crippen molar-refractivity contribution in [3.63, 3.8) is 0 Å². The molecule has 0 bridgehead atoms. The van der Waals surface area contributed by atoms with Crippen LogP contribution in [0.25, 0.3) is 11.0 Å². The third-order valence-corrected chi connectivity index (χ3v) is 4.79. The summed E-state index contributed by atoms with van der Waals surface area (Å²) < 4.78 is 15.9. The number of hydrogen-bond donors (Lipinski definition) is 1. The molecule has 7 nitrogen and oxygen atoms in total. The molecular weight excluding hydrogens is 410 g/mol. The Bertz CT molecular complexity index is 1340. The maximum Gasteiger partial charge on any atom is 0.349 e. The molecule has 0 unspecified atom stereocenters. The van der Waals surface area contributed by atoms with Crippen LogP contribution in [0.5, 0.6) is 11.5 Å². The molecule has 1 heterocycles. The molecule has 0 aliphatic rings. The second-order valence-corrected chi connectivity index (χ2v) is 6.91. The van der Waals surface area contributed by atoms with E-state index in [1.807, 2.05) is 30.3 Å². The number of methoxy groups -OCH3 is 1. The molecule has 32 heavy (non-hydrogen) atoms. The van der Waals surface area contributed by atoms with Crippen molar-refractivity contribution >= 4 is 22.8 Å². The van der Waals surface area contributed by atoms with Crippen molar-refractivity contribution in [3.05, 3.63) is 106 Å². The largest absolute Gasteiger partial charge is 0.496 e. The number of nitrogens with one attached hydrogen (secondary N) is 1. The maximum atomic E-state index is 12.5. The number of hydrogen-bond acceptors (Lipinski definition) is 6. The zero-order valence-electron chi connectivity index (χ0n) is 17.2. The molecule has 3 aromatic carbocycles. The van der Waals surface area contributed by atoms with Crippen LogP contribution in [0.15, 0.2) is 88.1 Å². The first-order valence-corrected chi connectivity index (χ1v) is 9.80. The molecule has 4 aromatic rings. The molecule has 7 heteroatoms. The van der Waals surface area contributed by atoms with E-state index in [0.717, 1.165) is 5.56 Å². The SMILES string of the molecule is COc1ccccc1C(=O)Oc1ccc2cc(C(=O)NCc3ccccc3)c(=O)oc2c1. The van der Waals surface area contributed by atoms with Gasteiger partial charge in [0.1, 0.15) is 28.2 Å². The number of amides is 1. The van der Waals surface area contributed by atoms with Gasteiger partial charge in [0.05, 0.1) is 7.11 Å². The quantitative estimate of drug-likeness (QED) is 0.283. The number of carbonyl (C=O) groups excluding carboxylic acids is 2. The van der Waals surface area contributed by atoms with Gasteiger partial charge in [0.25, 0.3) is 5.91 Å². The highest BCUT2D eigenvalue weighted by Crippen LogP contribution is 2.24. The van der Waals surface area contributed by atoms with Crippen LogP contribution in [-0.4, -0.2) is 19.0 Å². The van der Waals surface area contributed by atoms with Gasteiger partial charge in [-0.2, -0.15) is 0 Å². The van der Waals surface area contributed by atoms with E-state index in [1.54, 1.807) is 36.4 Å². The van der Waals surface area contributed by atoms with Gasteiger partial charge in [-0.3, -0.25) is 4.79 Å². The van der Waals surface area contributed by atoms with E-state index in [2.05, 4.69) is 5.32 Å². The second kappa shape index (κ2) is 9.18. The van der Waals surface area contributed by atoms with Gasteiger partial charge >= 0.3 is 11.6 Å². The minimum Gasteiger partial charge on any atom is -0.496 e. The molecule has 4 rings (SSSR count). The molecule has 0 radical (unpaired) electrons. The Balaban J connectivity index is 1.53. The van der Waals surface area contributed by atoms with E-state index in [-0.39, 0.29) is 29.0 Å². The predicted molar refractivity (Wildman–Crippen MR) is 118 cm³/mol. The molecule has 0 spiro atoms. The molecular formula is C25H19NO6. The van der Waals surface area contributed by atoms with Crippen LogP contribution in [0.1, 0.15) is 26.3 Å². The number of rotatable bonds is 6. The summed E-state index contributed by atoms with van der Waals surface area (Å²) in [5.41, 5.74) is 0.484. The van der Waals surface area contributed by atoms with Crippen molar-refractivity contribution in [3.8, 4) is 11.5 Å². The molecule has 160 valence electrons. The highest BCUT2D eigenvalue weighted by Gasteiger charge is 2.16. The highest BCUT2D eigenvalue weighted by molar-refractivity contribution is 5.97. The van der Waals surface area contributed by atoms with Gasteiger partial charge in [0.2, 0.25) is 0 Å². The fourth-order valence-electron chi connectivity index (χ4n) is 3.16. The van der Waals surface area contributed by atoms with Crippen LogP contribution in [0.3, 0.4) is 0 Å². The van der Waals surface area contributed by atoms with Gasteiger partial charge in [0.15, 0.2) is 0 Å². The Labute approximate surface area is 183 Å². The summed E-state index contributed by atoms with van der Waals surface area (Å²) in [6, 6.07) is 22.1. The smallest absolute Gasteiger partial charge is 0.349 e. The van der Waals surface area contributed by atoms with E-state index in [9.17, 15) is 14.4 Å². The van der Waals surface area contributed by atoms with Gasteiger partial charge in [-0.15, -0.1) is 0 Å². The summed E-state index contributed by atoms with van der Waals surface area (Å²) >= 11 is 0. The molecule has 1 N–H and O–H groups in total. The summed E-state index contributed by atoms with van der Waals surface area (Å²) in [5.74, 6) is -0.564. The van der Waals surface area contributed by atoms with Crippen molar-refractivity contribution in [2.75, 3.05) is 7.11 Å². The van der Waals surface area contributed by atoms with Crippen molar-refractivity contribution in [2.45, 2.75) is 6.54 Å². The monoisotopic (exact) mass is 429 g/mol. The minimum absolute atomic E-state index is 0.104. The number of para-hydroxylation sites is 1. The first-order valence-electron chi connectivity index (χ1n) is 9.80. The van der Waals surface area contributed by atoms with Crippen molar-refractivity contribution in [1.82, 2.24) is 5.32 Å². The highest BCUT2D eigenvalue weighted by atomic mass is 16.5. The molecule has 0 saturated heterocycles. The zero-order chi connectivity index (χ0) is 22.5. The lowest BCUT2D eigenvalue weighted by atomic mass is 10.1. The van der Waals surface area contributed by atoms with Gasteiger partial charge in [-0.1, -0.05) is 42.5 Å². The number of carbonyl (C=O) groups is 2. The third-order valence-electron chi connectivity index (χ3n) is 4.79. The van der Waals surface area contributed by atoms with E-state index < -0.39 is 17.5 Å². The lowest BCUT2D eigenvalue weighted by Gasteiger charge is -2.09. The standard InChI is InChI=1S/C25H19NO6/c1-30-21-10-6-5-9-19(21)24(28)31-18-12-11-17-13-20(25(29)32-22(17)14-18)23(27)26-15-16-7-3-2-4-8-16/h2-14H,15H2,1H3,(H,26,27). The van der Waals surface area contributed by atoms with E-state index >= 15 is 0 Å². The number of fused-ring (bicyclic) bond motifs is 1. The molecule has 1 amide bonds. The van der Waals surface area contributed by atoms with Crippen molar-refractivity contribution in [1.29, 1.82) is 0 Å². The van der Waals surface area contributed by atoms with Crippen LogP contribution in [-0.2, 0) is 6.54 Å². The summed E-state index contributed by atoms with van der Waals surface area (Å²) in [7, 11) is 1.46. The van der Waals surface area contributed by atoms with Crippen molar-refractivity contribution < 1.29 is 23.5 Å². The molecule has 0 fully saturated rings. The normalized spacial score (nSPS) is 10.5. The first-order chi connectivity index (χ1) is 15.5. The lowest BCUT2D eigenvalue weighted by molar-refractivity contribution is 0.0731. The summed E-state index contributed by atoms with van der Waals surface area (Å²) in [5, 5.41) is 3.23. The predicted octanol–water partition coefficient (Wildman–Crippen LogP) is 3.95. The topological polar surface area (TPSA) is 94.8 Å². The summed E-state index contributed by atoms with van der Waals surface area (Å²) in [6.07, 6.45) is 0. The zero-order valence-corrected chi connectivity index (χ0v) is 17.2. The number of ether oxygens (including phenoxy) is 2. The van der Waals surface area contributed by atoms with Crippen LogP contribution in [0.4, 0.5) is 0 Å².